The maximum atomic E-state index is 6.73. The predicted octanol–water partition coefficient (Wildman–Crippen LogP) is 12.7. The van der Waals surface area contributed by atoms with E-state index in [1.165, 1.54) is 88.0 Å². The predicted molar refractivity (Wildman–Crippen MR) is 232 cm³/mol. The third-order valence-electron chi connectivity index (χ3n) is 12.0. The summed E-state index contributed by atoms with van der Waals surface area (Å²) in [5.74, 6) is 0.424. The molecular weight excluding hydrogens is 665 g/mol. The molecule has 0 radical (unpaired) electrons. The van der Waals surface area contributed by atoms with Crippen LogP contribution >= 0.6 is 0 Å². The number of hydrogen-bond acceptors (Lipinski definition) is 1. The van der Waals surface area contributed by atoms with Gasteiger partial charge in [-0.15, -0.1) is 0 Å². The second-order valence-corrected chi connectivity index (χ2v) is 15.2. The van der Waals surface area contributed by atoms with Gasteiger partial charge in [-0.05, 0) is 113 Å². The first-order valence-electron chi connectivity index (χ1n) is 19.4. The van der Waals surface area contributed by atoms with Gasteiger partial charge < -0.3 is 4.42 Å². The molecule has 8 aromatic carbocycles. The van der Waals surface area contributed by atoms with Crippen molar-refractivity contribution in [2.24, 2.45) is 5.92 Å². The van der Waals surface area contributed by atoms with Crippen LogP contribution in [0.2, 0.25) is 0 Å². The van der Waals surface area contributed by atoms with Crippen molar-refractivity contribution in [3.05, 3.63) is 214 Å². The van der Waals surface area contributed by atoms with Gasteiger partial charge in [-0.1, -0.05) is 171 Å². The highest BCUT2D eigenvalue weighted by Gasteiger charge is 2.23. The Kier molecular flexibility index (Phi) is 7.35. The second-order valence-electron chi connectivity index (χ2n) is 15.2. The Labute approximate surface area is 320 Å². The lowest BCUT2D eigenvalue weighted by Crippen LogP contribution is -2.23. The van der Waals surface area contributed by atoms with Crippen LogP contribution in [0.3, 0.4) is 0 Å². The van der Waals surface area contributed by atoms with Crippen molar-refractivity contribution in [1.82, 2.24) is 0 Å². The Morgan fingerprint density at radius 1 is 0.527 bits per heavy atom. The first-order valence-corrected chi connectivity index (χ1v) is 19.4. The minimum absolute atomic E-state index is 0.424. The molecule has 0 N–H and O–H groups in total. The van der Waals surface area contributed by atoms with Crippen molar-refractivity contribution in [2.45, 2.75) is 19.8 Å². The maximum absolute atomic E-state index is 6.73. The molecular formula is C54H38O. The molecule has 0 spiro atoms. The molecule has 1 unspecified atom stereocenters. The van der Waals surface area contributed by atoms with E-state index in [9.17, 15) is 0 Å². The molecule has 1 heteroatoms. The first-order chi connectivity index (χ1) is 27.2. The molecule has 55 heavy (non-hydrogen) atoms. The van der Waals surface area contributed by atoms with Crippen LogP contribution in [0, 0.1) is 5.92 Å². The van der Waals surface area contributed by atoms with Crippen LogP contribution in [0.4, 0.5) is 0 Å². The largest absolute Gasteiger partial charge is 0.456 e. The topological polar surface area (TPSA) is 13.1 Å². The Morgan fingerprint density at radius 2 is 1.15 bits per heavy atom. The summed E-state index contributed by atoms with van der Waals surface area (Å²) < 4.78 is 6.73. The average Bonchev–Trinajstić information content (AvgIpc) is 3.51. The van der Waals surface area contributed by atoms with Gasteiger partial charge in [-0.25, -0.2) is 0 Å². The summed E-state index contributed by atoms with van der Waals surface area (Å²) in [6, 6.07) is 59.9. The molecule has 0 saturated heterocycles. The van der Waals surface area contributed by atoms with E-state index in [4.69, 9.17) is 4.42 Å². The standard InChI is InChI=1S/C54H38O/c1-34-28-29-40(33-48(34)42-26-13-17-35-14-4-5-20-41(35)42)53-46-24-8-6-22-44(46)52(45-23-7-9-25-47(45)53)39-19-12-18-38(30-39)49-31-36-15-2-3-16-37(36)32-50-43-21-10-11-27-51(43)55-54(49)50/h2-27,29-30,32-34H,28,31H2,1H3. The number of furan rings is 1. The number of fused-ring (bicyclic) bond motifs is 7. The van der Waals surface area contributed by atoms with E-state index < -0.39 is 0 Å². The van der Waals surface area contributed by atoms with E-state index >= 15 is 0 Å². The van der Waals surface area contributed by atoms with Gasteiger partial charge >= 0.3 is 0 Å². The highest BCUT2D eigenvalue weighted by atomic mass is 16.3. The van der Waals surface area contributed by atoms with Gasteiger partial charge in [-0.2, -0.15) is 0 Å². The third kappa shape index (κ3) is 5.15. The zero-order chi connectivity index (χ0) is 36.5. The lowest BCUT2D eigenvalue weighted by molar-refractivity contribution is 0.571. The summed E-state index contributed by atoms with van der Waals surface area (Å²) in [6.45, 7) is 2.37. The van der Waals surface area contributed by atoms with Crippen molar-refractivity contribution in [3.63, 3.8) is 0 Å². The Morgan fingerprint density at radius 3 is 1.95 bits per heavy atom. The fourth-order valence-corrected chi connectivity index (χ4v) is 9.34. The summed E-state index contributed by atoms with van der Waals surface area (Å²) in [5, 5.41) is 10.0. The monoisotopic (exact) mass is 702 g/mol. The zero-order valence-corrected chi connectivity index (χ0v) is 30.7. The van der Waals surface area contributed by atoms with Gasteiger partial charge in [0, 0.05) is 22.6 Å². The fraction of sp³-hybridized carbons (Fsp3) is 0.0741. The van der Waals surface area contributed by atoms with E-state index in [1.807, 2.05) is 0 Å². The van der Waals surface area contributed by atoms with Gasteiger partial charge in [-0.3, -0.25) is 0 Å². The zero-order valence-electron chi connectivity index (χ0n) is 30.7. The Balaban J connectivity index is 1.13. The summed E-state index contributed by atoms with van der Waals surface area (Å²) in [4.78, 5) is 0. The fourth-order valence-electron chi connectivity index (χ4n) is 9.34. The minimum Gasteiger partial charge on any atom is -0.456 e. The summed E-state index contributed by atoms with van der Waals surface area (Å²) in [7, 11) is 0. The van der Waals surface area contributed by atoms with Crippen molar-refractivity contribution >= 4 is 66.1 Å². The third-order valence-corrected chi connectivity index (χ3v) is 12.0. The molecule has 260 valence electrons. The van der Waals surface area contributed by atoms with Crippen LogP contribution in [0.1, 0.15) is 41.2 Å². The molecule has 0 bridgehead atoms. The van der Waals surface area contributed by atoms with E-state index in [-0.39, 0.29) is 0 Å². The molecule has 11 rings (SSSR count). The first kappa shape index (κ1) is 31.8. The number of rotatable bonds is 4. The van der Waals surface area contributed by atoms with Crippen LogP contribution in [0.5, 0.6) is 0 Å². The number of allylic oxidation sites excluding steroid dienone is 4. The number of para-hydroxylation sites is 1. The van der Waals surface area contributed by atoms with Crippen LogP contribution in [-0.4, -0.2) is 0 Å². The van der Waals surface area contributed by atoms with Crippen LogP contribution in [0.25, 0.3) is 77.2 Å². The molecule has 9 aromatic rings. The number of hydrogen-bond donors (Lipinski definition) is 0. The van der Waals surface area contributed by atoms with Gasteiger partial charge in [0.15, 0.2) is 0 Å². The highest BCUT2D eigenvalue weighted by molar-refractivity contribution is 6.20. The lowest BCUT2D eigenvalue weighted by Gasteiger charge is -2.25. The molecule has 0 aliphatic heterocycles. The van der Waals surface area contributed by atoms with E-state index in [2.05, 4.69) is 189 Å². The van der Waals surface area contributed by atoms with Gasteiger partial charge in [0.05, 0.1) is 0 Å². The van der Waals surface area contributed by atoms with Crippen molar-refractivity contribution < 1.29 is 4.42 Å². The van der Waals surface area contributed by atoms with Gasteiger partial charge in [0.1, 0.15) is 11.0 Å². The highest BCUT2D eigenvalue weighted by Crippen LogP contribution is 2.45. The molecule has 1 nitrogen and oxygen atoms in total. The van der Waals surface area contributed by atoms with Crippen LogP contribution in [-0.2, 0) is 6.42 Å². The Bertz CT molecular complexity index is 3160. The second kappa shape index (κ2) is 12.7. The maximum Gasteiger partial charge on any atom is 0.139 e. The smallest absolute Gasteiger partial charge is 0.139 e. The van der Waals surface area contributed by atoms with E-state index in [0.717, 1.165) is 34.4 Å². The van der Waals surface area contributed by atoms with Crippen molar-refractivity contribution in [3.8, 4) is 11.1 Å². The van der Waals surface area contributed by atoms with E-state index in [1.54, 1.807) is 0 Å². The molecule has 1 atom stereocenters. The summed E-state index contributed by atoms with van der Waals surface area (Å²) >= 11 is 0. The number of benzene rings is 8. The molecule has 2 aliphatic carbocycles. The summed E-state index contributed by atoms with van der Waals surface area (Å²) in [5.41, 5.74) is 14.7. The molecule has 0 amide bonds. The molecule has 1 aromatic heterocycles. The SMILES string of the molecule is CC1CC=C(c2c3ccccc3c(-c3cccc(C4=c5oc6ccccc6c5=Cc5ccccc5C4)c3)c3ccccc23)C=C1c1cccc2ccccc12. The quantitative estimate of drug-likeness (QED) is 0.166. The normalized spacial score (nSPS) is 15.4. The average molecular weight is 703 g/mol. The van der Waals surface area contributed by atoms with Gasteiger partial charge in [0.2, 0.25) is 0 Å². The summed E-state index contributed by atoms with van der Waals surface area (Å²) in [6.07, 6.45) is 9.05. The minimum atomic E-state index is 0.424. The Hall–Kier alpha value is -6.70. The van der Waals surface area contributed by atoms with Crippen molar-refractivity contribution in [1.29, 1.82) is 0 Å². The van der Waals surface area contributed by atoms with Crippen molar-refractivity contribution in [2.75, 3.05) is 0 Å². The molecule has 0 saturated carbocycles. The van der Waals surface area contributed by atoms with Crippen LogP contribution < -0.4 is 10.6 Å². The molecule has 0 fully saturated rings. The van der Waals surface area contributed by atoms with E-state index in [0.29, 0.717) is 5.92 Å². The van der Waals surface area contributed by atoms with Gasteiger partial charge in [0.25, 0.3) is 0 Å². The molecule has 2 aliphatic rings. The van der Waals surface area contributed by atoms with Crippen LogP contribution in [0.15, 0.2) is 180 Å². The molecule has 1 heterocycles. The lowest BCUT2D eigenvalue weighted by atomic mass is 9.79.